The van der Waals surface area contributed by atoms with Crippen LogP contribution >= 0.6 is 0 Å². The van der Waals surface area contributed by atoms with Gasteiger partial charge in [0.15, 0.2) is 0 Å². The number of hydrogen-bond acceptors (Lipinski definition) is 2. The van der Waals surface area contributed by atoms with E-state index in [0.29, 0.717) is 6.04 Å². The fourth-order valence-corrected chi connectivity index (χ4v) is 3.40. The summed E-state index contributed by atoms with van der Waals surface area (Å²) in [7, 11) is -6.13. The average molecular weight is 196 g/mol. The van der Waals surface area contributed by atoms with Crippen LogP contribution in [0.3, 0.4) is 0 Å². The average Bonchev–Trinajstić information content (AvgIpc) is 1.81. The zero-order valence-electron chi connectivity index (χ0n) is 7.29. The van der Waals surface area contributed by atoms with Crippen LogP contribution in [-0.2, 0) is 9.57 Å². The van der Waals surface area contributed by atoms with E-state index in [-0.39, 0.29) is 0 Å². The lowest BCUT2D eigenvalue weighted by Gasteiger charge is -2.16. The zero-order chi connectivity index (χ0) is 9.12. The second kappa shape index (κ2) is 3.69. The zero-order valence-corrected chi connectivity index (χ0v) is 9.11. The van der Waals surface area contributed by atoms with E-state index >= 15 is 0 Å². The molecular weight excluding hydrogens is 180 g/mol. The minimum absolute atomic E-state index is 0.655. The molecule has 0 saturated carbocycles. The largest absolute Gasteiger partial charge is 0.291 e. The maximum atomic E-state index is 10.8. The highest BCUT2D eigenvalue weighted by Gasteiger charge is 2.35. The van der Waals surface area contributed by atoms with Crippen LogP contribution in [0, 0.1) is 0 Å². The van der Waals surface area contributed by atoms with Crippen molar-refractivity contribution in [3.05, 3.63) is 0 Å². The smallest absolute Gasteiger partial charge is 0.227 e. The van der Waals surface area contributed by atoms with Crippen molar-refractivity contribution in [1.82, 2.24) is 0 Å². The van der Waals surface area contributed by atoms with Gasteiger partial charge >= 0.3 is 0 Å². The van der Waals surface area contributed by atoms with Crippen LogP contribution in [0.4, 0.5) is 0 Å². The van der Waals surface area contributed by atoms with Gasteiger partial charge in [0.1, 0.15) is 0 Å². The molecule has 0 spiro atoms. The van der Waals surface area contributed by atoms with Crippen molar-refractivity contribution in [3.63, 3.8) is 0 Å². The second-order valence-electron chi connectivity index (χ2n) is 3.34. The summed E-state index contributed by atoms with van der Waals surface area (Å²) < 4.78 is 30.4. The molecule has 0 aromatic rings. The molecule has 0 saturated heterocycles. The molecule has 0 aromatic heterocycles. The van der Waals surface area contributed by atoms with Crippen LogP contribution in [0.15, 0.2) is 0 Å². The quantitative estimate of drug-likeness (QED) is 0.552. The first-order valence-electron chi connectivity index (χ1n) is 3.78. The summed E-state index contributed by atoms with van der Waals surface area (Å²) in [4.78, 5) is 0. The number of rotatable bonds is 4. The van der Waals surface area contributed by atoms with Crippen LogP contribution in [0.5, 0.6) is 0 Å². The Morgan fingerprint density at radius 3 is 2.09 bits per heavy atom. The molecule has 0 amide bonds. The van der Waals surface area contributed by atoms with Crippen LogP contribution in [0.1, 0.15) is 19.8 Å². The summed E-state index contributed by atoms with van der Waals surface area (Å²) in [5.41, 5.74) is 0. The van der Waals surface area contributed by atoms with E-state index in [1.165, 1.54) is 0 Å². The highest BCUT2D eigenvalue weighted by Crippen LogP contribution is 2.18. The molecule has 0 aliphatic rings. The van der Waals surface area contributed by atoms with Gasteiger partial charge in [0.25, 0.3) is 0 Å². The Balaban J connectivity index is 4.24. The Bertz CT molecular complexity index is 208. The number of unbranched alkanes of at least 4 members (excludes halogenated alkanes) is 1. The molecule has 0 atom stereocenters. The lowest BCUT2D eigenvalue weighted by molar-refractivity contribution is 0.497. The maximum Gasteiger partial charge on any atom is 0.227 e. The molecule has 5 heteroatoms. The van der Waals surface area contributed by atoms with Crippen molar-refractivity contribution < 1.29 is 13.0 Å². The van der Waals surface area contributed by atoms with E-state index in [0.717, 1.165) is 12.8 Å². The van der Waals surface area contributed by atoms with E-state index in [2.05, 4.69) is 0 Å². The van der Waals surface area contributed by atoms with Gasteiger partial charge in [-0.15, -0.1) is 0 Å². The van der Waals surface area contributed by atoms with E-state index in [1.807, 2.05) is 6.92 Å². The molecule has 3 nitrogen and oxygen atoms in total. The van der Waals surface area contributed by atoms with Crippen molar-refractivity contribution in [2.75, 3.05) is 0 Å². The lowest BCUT2D eigenvalue weighted by atomic mass is 10.4. The van der Waals surface area contributed by atoms with Gasteiger partial charge in [-0.3, -0.25) is 4.55 Å². The maximum absolute atomic E-state index is 10.8. The molecule has 0 fully saturated rings. The molecule has 68 valence electrons. The Labute approximate surface area is 69.2 Å². The Hall–Kier alpha value is 0.127. The van der Waals surface area contributed by atoms with Crippen LogP contribution in [0.25, 0.3) is 0 Å². The highest BCUT2D eigenvalue weighted by molar-refractivity contribution is 8.17. The van der Waals surface area contributed by atoms with E-state index in [1.54, 1.807) is 13.1 Å². The van der Waals surface area contributed by atoms with Crippen LogP contribution < -0.4 is 0 Å². The summed E-state index contributed by atoms with van der Waals surface area (Å²) in [5.74, 6) is 0. The normalized spacial score (nSPS) is 13.5. The SMILES string of the molecule is CCCC[Si](C)(C)S(=O)(=O)O. The minimum Gasteiger partial charge on any atom is -0.291 e. The van der Waals surface area contributed by atoms with Gasteiger partial charge in [0.2, 0.25) is 16.8 Å². The van der Waals surface area contributed by atoms with Gasteiger partial charge in [-0.2, -0.15) is 0 Å². The molecule has 0 bridgehead atoms. The van der Waals surface area contributed by atoms with Crippen LogP contribution in [-0.4, -0.2) is 20.2 Å². The molecule has 0 radical (unpaired) electrons. The Morgan fingerprint density at radius 1 is 1.36 bits per heavy atom. The topological polar surface area (TPSA) is 54.4 Å². The summed E-state index contributed by atoms with van der Waals surface area (Å²) >= 11 is 0. The van der Waals surface area contributed by atoms with Gasteiger partial charge in [0.05, 0.1) is 0 Å². The van der Waals surface area contributed by atoms with Crippen molar-refractivity contribution >= 4 is 16.8 Å². The molecular formula is C6H16O3SSi. The third kappa shape index (κ3) is 3.35. The van der Waals surface area contributed by atoms with Crippen molar-refractivity contribution in [2.45, 2.75) is 38.9 Å². The highest BCUT2D eigenvalue weighted by atomic mass is 32.4. The monoisotopic (exact) mass is 196 g/mol. The van der Waals surface area contributed by atoms with Crippen molar-refractivity contribution in [1.29, 1.82) is 0 Å². The summed E-state index contributed by atoms with van der Waals surface area (Å²) in [6.07, 6.45) is 1.87. The lowest BCUT2D eigenvalue weighted by Crippen LogP contribution is -2.36. The van der Waals surface area contributed by atoms with E-state index < -0.39 is 16.8 Å². The molecule has 11 heavy (non-hydrogen) atoms. The third-order valence-electron chi connectivity index (χ3n) is 1.83. The van der Waals surface area contributed by atoms with Gasteiger partial charge in [-0.1, -0.05) is 32.9 Å². The molecule has 0 aromatic carbocycles. The number of hydrogen-bond donors (Lipinski definition) is 1. The standard InChI is InChI=1S/C6H16O3SSi/c1-4-5-6-11(2,3)10(7,8)9/h4-6H2,1-3H3,(H,7,8,9). The van der Waals surface area contributed by atoms with Gasteiger partial charge < -0.3 is 0 Å². The molecule has 0 unspecified atom stereocenters. The molecule has 0 aliphatic heterocycles. The predicted molar refractivity (Wildman–Crippen MR) is 48.7 cm³/mol. The first-order chi connectivity index (χ1) is 4.81. The first-order valence-corrected chi connectivity index (χ1v) is 9.15. The molecule has 0 rings (SSSR count). The third-order valence-corrected chi connectivity index (χ3v) is 9.59. The minimum atomic E-state index is -3.74. The van der Waals surface area contributed by atoms with Gasteiger partial charge in [0, 0.05) is 0 Å². The van der Waals surface area contributed by atoms with Gasteiger partial charge in [-0.25, -0.2) is 8.42 Å². The molecule has 0 aliphatic carbocycles. The van der Waals surface area contributed by atoms with E-state index in [4.69, 9.17) is 4.55 Å². The predicted octanol–water partition coefficient (Wildman–Crippen LogP) is 1.88. The fourth-order valence-electron chi connectivity index (χ4n) is 0.731. The first kappa shape index (κ1) is 11.1. The van der Waals surface area contributed by atoms with Crippen molar-refractivity contribution in [2.24, 2.45) is 0 Å². The van der Waals surface area contributed by atoms with Gasteiger partial charge in [-0.05, 0) is 6.04 Å². The summed E-state index contributed by atoms with van der Waals surface area (Å²) in [6.45, 7) is 5.37. The van der Waals surface area contributed by atoms with Crippen molar-refractivity contribution in [3.8, 4) is 0 Å². The Morgan fingerprint density at radius 2 is 1.82 bits per heavy atom. The van der Waals surface area contributed by atoms with Crippen LogP contribution in [0.2, 0.25) is 19.1 Å². The van der Waals surface area contributed by atoms with E-state index in [9.17, 15) is 8.42 Å². The Kier molecular flexibility index (Phi) is 3.73. The summed E-state index contributed by atoms with van der Waals surface area (Å²) in [5, 5.41) is 0. The molecule has 0 heterocycles. The molecule has 1 N–H and O–H groups in total. The summed E-state index contributed by atoms with van der Waals surface area (Å²) in [6, 6.07) is 0.655. The fraction of sp³-hybridized carbons (Fsp3) is 1.00. The second-order valence-corrected chi connectivity index (χ2v) is 13.2.